The number of carbonyl (C=O) groups is 1. The van der Waals surface area contributed by atoms with E-state index in [1.54, 1.807) is 0 Å². The van der Waals surface area contributed by atoms with Gasteiger partial charge in [0.2, 0.25) is 0 Å². The van der Waals surface area contributed by atoms with Gasteiger partial charge in [-0.3, -0.25) is 0 Å². The minimum atomic E-state index is 0.419. The first-order chi connectivity index (χ1) is 8.33. The number of thioether (sulfide) groups is 2. The fourth-order valence-electron chi connectivity index (χ4n) is 2.17. The normalized spacial score (nSPS) is 18.8. The van der Waals surface area contributed by atoms with E-state index >= 15 is 0 Å². The highest BCUT2D eigenvalue weighted by atomic mass is 32.2. The molecule has 1 saturated heterocycles. The molecule has 0 aromatic carbocycles. The minimum Gasteiger partial charge on any atom is -0.303 e. The molecule has 0 aliphatic carbocycles. The van der Waals surface area contributed by atoms with Crippen molar-refractivity contribution < 1.29 is 4.79 Å². The molecule has 0 unspecified atom stereocenters. The van der Waals surface area contributed by atoms with Gasteiger partial charge in [-0.2, -0.15) is 0 Å². The van der Waals surface area contributed by atoms with Crippen molar-refractivity contribution in [3.63, 3.8) is 0 Å². The summed E-state index contributed by atoms with van der Waals surface area (Å²) in [6.45, 7) is 3.77. The lowest BCUT2D eigenvalue weighted by Gasteiger charge is -2.36. The lowest BCUT2D eigenvalue weighted by molar-refractivity contribution is -0.107. The Morgan fingerprint density at radius 1 is 1.06 bits per heavy atom. The van der Waals surface area contributed by atoms with Crippen LogP contribution in [0.5, 0.6) is 0 Å². The third-order valence-corrected chi connectivity index (χ3v) is 6.68. The van der Waals surface area contributed by atoms with Crippen LogP contribution in [0.15, 0.2) is 12.7 Å². The summed E-state index contributed by atoms with van der Waals surface area (Å²) >= 11 is 4.28. The minimum absolute atomic E-state index is 0.419. The smallest absolute Gasteiger partial charge is 0.119 e. The Kier molecular flexibility index (Phi) is 8.12. The quantitative estimate of drug-likeness (QED) is 0.345. The average Bonchev–Trinajstić information content (AvgIpc) is 2.36. The maximum absolute atomic E-state index is 10.4. The average molecular weight is 272 g/mol. The molecule has 1 fully saturated rings. The van der Waals surface area contributed by atoms with E-state index in [4.69, 9.17) is 0 Å². The molecule has 1 rings (SSSR count). The summed E-state index contributed by atoms with van der Waals surface area (Å²) in [6, 6.07) is 0. The highest BCUT2D eigenvalue weighted by Gasteiger charge is 2.32. The van der Waals surface area contributed by atoms with Gasteiger partial charge in [0.05, 0.1) is 4.08 Å². The maximum Gasteiger partial charge on any atom is 0.119 e. The van der Waals surface area contributed by atoms with Crippen molar-refractivity contribution in [1.82, 2.24) is 0 Å². The Balaban J connectivity index is 2.34. The molecule has 0 radical (unpaired) electrons. The molecule has 17 heavy (non-hydrogen) atoms. The van der Waals surface area contributed by atoms with E-state index < -0.39 is 0 Å². The SMILES string of the molecule is C=CCCCCC1(CCCC=O)SCCCS1. The predicted molar refractivity (Wildman–Crippen MR) is 80.8 cm³/mol. The fraction of sp³-hybridized carbons (Fsp3) is 0.786. The van der Waals surface area contributed by atoms with Crippen molar-refractivity contribution in [2.24, 2.45) is 0 Å². The standard InChI is InChI=1S/C14H24OS2/c1-2-3-4-5-9-14(10-6-7-11-15)16-12-8-13-17-14/h2,11H,1,3-10,12-13H2. The zero-order valence-corrected chi connectivity index (χ0v) is 12.3. The fourth-order valence-corrected chi connectivity index (χ4v) is 5.66. The Labute approximate surface area is 114 Å². The van der Waals surface area contributed by atoms with Crippen LogP contribution >= 0.6 is 23.5 Å². The molecule has 0 spiro atoms. The largest absolute Gasteiger partial charge is 0.303 e. The van der Waals surface area contributed by atoms with Crippen LogP contribution in [-0.2, 0) is 4.79 Å². The molecule has 0 saturated carbocycles. The molecule has 1 heterocycles. The molecule has 1 nitrogen and oxygen atoms in total. The van der Waals surface area contributed by atoms with E-state index in [0.717, 1.165) is 25.5 Å². The first-order valence-corrected chi connectivity index (χ1v) is 8.62. The molecular weight excluding hydrogens is 248 g/mol. The number of hydrogen-bond acceptors (Lipinski definition) is 3. The first-order valence-electron chi connectivity index (χ1n) is 6.65. The lowest BCUT2D eigenvalue weighted by Crippen LogP contribution is -2.25. The molecule has 0 bridgehead atoms. The van der Waals surface area contributed by atoms with E-state index in [0.29, 0.717) is 4.08 Å². The summed E-state index contributed by atoms with van der Waals surface area (Å²) in [6.07, 6.45) is 12.4. The molecule has 0 aromatic heterocycles. The third-order valence-electron chi connectivity index (χ3n) is 3.11. The Hall–Kier alpha value is 0.110. The van der Waals surface area contributed by atoms with Crippen LogP contribution in [0.4, 0.5) is 0 Å². The van der Waals surface area contributed by atoms with E-state index in [9.17, 15) is 4.79 Å². The lowest BCUT2D eigenvalue weighted by atomic mass is 10.1. The first kappa shape index (κ1) is 15.2. The summed E-state index contributed by atoms with van der Waals surface area (Å²) in [5, 5.41) is 0. The Bertz CT molecular complexity index is 222. The van der Waals surface area contributed by atoms with Crippen LogP contribution in [0.3, 0.4) is 0 Å². The van der Waals surface area contributed by atoms with Crippen LogP contribution in [0, 0.1) is 0 Å². The number of hydrogen-bond donors (Lipinski definition) is 0. The molecule has 1 aliphatic heterocycles. The molecule has 3 heteroatoms. The van der Waals surface area contributed by atoms with Gasteiger partial charge in [0, 0.05) is 6.42 Å². The third kappa shape index (κ3) is 6.01. The van der Waals surface area contributed by atoms with Crippen molar-refractivity contribution in [3.8, 4) is 0 Å². The van der Waals surface area contributed by atoms with Crippen LogP contribution in [-0.4, -0.2) is 21.9 Å². The zero-order valence-electron chi connectivity index (χ0n) is 10.7. The number of carbonyl (C=O) groups excluding carboxylic acids is 1. The second kappa shape index (κ2) is 9.09. The van der Waals surface area contributed by atoms with E-state index in [-0.39, 0.29) is 0 Å². The molecule has 0 N–H and O–H groups in total. The zero-order chi connectivity index (χ0) is 12.4. The van der Waals surface area contributed by atoms with E-state index in [1.165, 1.54) is 43.6 Å². The van der Waals surface area contributed by atoms with E-state index in [1.807, 2.05) is 6.08 Å². The molecule has 0 aromatic rings. The summed E-state index contributed by atoms with van der Waals surface area (Å²) in [7, 11) is 0. The van der Waals surface area contributed by atoms with Gasteiger partial charge in [-0.05, 0) is 50.0 Å². The van der Waals surface area contributed by atoms with Crippen molar-refractivity contribution in [3.05, 3.63) is 12.7 Å². The molecule has 1 aliphatic rings. The van der Waals surface area contributed by atoms with Crippen LogP contribution in [0.1, 0.15) is 51.4 Å². The van der Waals surface area contributed by atoms with E-state index in [2.05, 4.69) is 30.1 Å². The number of aldehydes is 1. The Morgan fingerprint density at radius 3 is 2.41 bits per heavy atom. The van der Waals surface area contributed by atoms with Crippen LogP contribution in [0.2, 0.25) is 0 Å². The van der Waals surface area contributed by atoms with Crippen molar-refractivity contribution in [2.75, 3.05) is 11.5 Å². The van der Waals surface area contributed by atoms with Gasteiger partial charge in [0.25, 0.3) is 0 Å². The maximum atomic E-state index is 10.4. The van der Waals surface area contributed by atoms with Gasteiger partial charge in [-0.25, -0.2) is 0 Å². The highest BCUT2D eigenvalue weighted by Crippen LogP contribution is 2.49. The number of unbranched alkanes of at least 4 members (excludes halogenated alkanes) is 3. The van der Waals surface area contributed by atoms with Gasteiger partial charge in [0.1, 0.15) is 6.29 Å². The highest BCUT2D eigenvalue weighted by molar-refractivity contribution is 8.18. The number of rotatable bonds is 9. The van der Waals surface area contributed by atoms with Crippen molar-refractivity contribution >= 4 is 29.8 Å². The predicted octanol–water partition coefficient (Wildman–Crippen LogP) is 4.67. The number of allylic oxidation sites excluding steroid dienone is 1. The molecule has 0 amide bonds. The van der Waals surface area contributed by atoms with Gasteiger partial charge in [0.15, 0.2) is 0 Å². The second-order valence-corrected chi connectivity index (χ2v) is 7.77. The van der Waals surface area contributed by atoms with Gasteiger partial charge < -0.3 is 4.79 Å². The molecule has 98 valence electrons. The Morgan fingerprint density at radius 2 is 1.76 bits per heavy atom. The van der Waals surface area contributed by atoms with Gasteiger partial charge in [-0.15, -0.1) is 30.1 Å². The second-order valence-electron chi connectivity index (χ2n) is 4.55. The van der Waals surface area contributed by atoms with Gasteiger partial charge >= 0.3 is 0 Å². The van der Waals surface area contributed by atoms with Crippen molar-refractivity contribution in [2.45, 2.75) is 55.4 Å². The van der Waals surface area contributed by atoms with Gasteiger partial charge in [-0.1, -0.05) is 12.5 Å². The summed E-state index contributed by atoms with van der Waals surface area (Å²) in [4.78, 5) is 10.4. The van der Waals surface area contributed by atoms with Crippen molar-refractivity contribution in [1.29, 1.82) is 0 Å². The summed E-state index contributed by atoms with van der Waals surface area (Å²) in [5.41, 5.74) is 0. The van der Waals surface area contributed by atoms with Crippen LogP contribution in [0.25, 0.3) is 0 Å². The molecular formula is C14H24OS2. The molecule has 0 atom stereocenters. The monoisotopic (exact) mass is 272 g/mol. The topological polar surface area (TPSA) is 17.1 Å². The summed E-state index contributed by atoms with van der Waals surface area (Å²) < 4.78 is 0.419. The van der Waals surface area contributed by atoms with Crippen LogP contribution < -0.4 is 0 Å². The summed E-state index contributed by atoms with van der Waals surface area (Å²) in [5.74, 6) is 2.60.